The molecule has 3 fully saturated rings. The Morgan fingerprint density at radius 3 is 2.58 bits per heavy atom. The quantitative estimate of drug-likeness (QED) is 0.296. The van der Waals surface area contributed by atoms with E-state index < -0.39 is 0 Å². The Balaban J connectivity index is 1.48. The van der Waals surface area contributed by atoms with Crippen LogP contribution >= 0.6 is 0 Å². The minimum Gasteiger partial charge on any atom is -0.295 e. The van der Waals surface area contributed by atoms with E-state index in [0.29, 0.717) is 10.8 Å². The van der Waals surface area contributed by atoms with Gasteiger partial charge in [0.15, 0.2) is 5.78 Å². The average molecular weight is 425 g/mol. The zero-order valence-corrected chi connectivity index (χ0v) is 21.1. The van der Waals surface area contributed by atoms with Crippen LogP contribution in [0.25, 0.3) is 0 Å². The fourth-order valence-electron chi connectivity index (χ4n) is 9.09. The second-order valence-electron chi connectivity index (χ2n) is 12.8. The molecule has 174 valence electrons. The molecule has 4 aliphatic rings. The molecule has 1 unspecified atom stereocenters. The first-order valence-electron chi connectivity index (χ1n) is 13.6. The van der Waals surface area contributed by atoms with Crippen LogP contribution in [-0.2, 0) is 4.79 Å². The summed E-state index contributed by atoms with van der Waals surface area (Å²) in [6.07, 6.45) is 18.8. The third-order valence-electron chi connectivity index (χ3n) is 10.9. The highest BCUT2D eigenvalue weighted by atomic mass is 16.1. The molecule has 0 saturated heterocycles. The minimum absolute atomic E-state index is 0.199. The van der Waals surface area contributed by atoms with Crippen LogP contribution in [0, 0.1) is 52.3 Å². The maximum absolute atomic E-state index is 12.3. The number of allylic oxidation sites excluding steroid dienone is 3. The molecular formula is C30H48O. The molecule has 0 aliphatic heterocycles. The first kappa shape index (κ1) is 23.3. The van der Waals surface area contributed by atoms with Gasteiger partial charge in [0.2, 0.25) is 0 Å². The second kappa shape index (κ2) is 8.83. The Kier molecular flexibility index (Phi) is 6.64. The summed E-state index contributed by atoms with van der Waals surface area (Å²) in [4.78, 5) is 12.3. The number of fused-ring (bicyclic) bond motifs is 5. The van der Waals surface area contributed by atoms with Crippen LogP contribution in [0.1, 0.15) is 105 Å². The predicted octanol–water partition coefficient (Wildman–Crippen LogP) is 8.40. The van der Waals surface area contributed by atoms with Crippen LogP contribution in [0.4, 0.5) is 0 Å². The summed E-state index contributed by atoms with van der Waals surface area (Å²) in [6.45, 7) is 16.3. The summed E-state index contributed by atoms with van der Waals surface area (Å²) in [7, 11) is 0. The molecule has 0 aromatic carbocycles. The van der Waals surface area contributed by atoms with Crippen molar-refractivity contribution in [1.82, 2.24) is 0 Å². The Morgan fingerprint density at radius 1 is 1.10 bits per heavy atom. The van der Waals surface area contributed by atoms with Crippen LogP contribution in [-0.4, -0.2) is 5.78 Å². The summed E-state index contributed by atoms with van der Waals surface area (Å²) >= 11 is 0. The Hall–Kier alpha value is -0.850. The van der Waals surface area contributed by atoms with Gasteiger partial charge in [0.1, 0.15) is 0 Å². The number of carbonyl (C=O) groups is 1. The van der Waals surface area contributed by atoms with Gasteiger partial charge in [-0.25, -0.2) is 0 Å². The lowest BCUT2D eigenvalue weighted by Gasteiger charge is -2.58. The molecule has 0 heterocycles. The van der Waals surface area contributed by atoms with E-state index in [-0.39, 0.29) is 11.7 Å². The summed E-state index contributed by atoms with van der Waals surface area (Å²) < 4.78 is 0. The van der Waals surface area contributed by atoms with Crippen LogP contribution in [0.2, 0.25) is 0 Å². The van der Waals surface area contributed by atoms with E-state index in [4.69, 9.17) is 0 Å². The van der Waals surface area contributed by atoms with Crippen molar-refractivity contribution in [1.29, 1.82) is 0 Å². The maximum Gasteiger partial charge on any atom is 0.158 e. The van der Waals surface area contributed by atoms with E-state index >= 15 is 0 Å². The van der Waals surface area contributed by atoms with E-state index in [2.05, 4.69) is 47.3 Å². The van der Waals surface area contributed by atoms with Gasteiger partial charge in [0.25, 0.3) is 0 Å². The Labute approximate surface area is 192 Å². The lowest BCUT2D eigenvalue weighted by molar-refractivity contribution is -0.119. The molecule has 3 saturated carbocycles. The van der Waals surface area contributed by atoms with Gasteiger partial charge in [0, 0.05) is 5.92 Å². The van der Waals surface area contributed by atoms with Crippen molar-refractivity contribution in [3.63, 3.8) is 0 Å². The van der Waals surface area contributed by atoms with Crippen molar-refractivity contribution in [2.75, 3.05) is 0 Å². The molecule has 0 N–H and O–H groups in total. The van der Waals surface area contributed by atoms with Gasteiger partial charge in [-0.1, -0.05) is 72.1 Å². The molecule has 1 nitrogen and oxygen atoms in total. The van der Waals surface area contributed by atoms with E-state index in [9.17, 15) is 4.79 Å². The Morgan fingerprint density at radius 2 is 1.87 bits per heavy atom. The van der Waals surface area contributed by atoms with Gasteiger partial charge in [-0.3, -0.25) is 4.79 Å². The normalized spacial score (nSPS) is 42.9. The van der Waals surface area contributed by atoms with Crippen molar-refractivity contribution >= 4 is 5.78 Å². The number of rotatable bonds is 7. The lowest BCUT2D eigenvalue weighted by atomic mass is 9.46. The molecule has 0 aromatic rings. The largest absolute Gasteiger partial charge is 0.295 e. The minimum atomic E-state index is 0.199. The van der Waals surface area contributed by atoms with Gasteiger partial charge in [0.05, 0.1) is 0 Å². The van der Waals surface area contributed by atoms with Gasteiger partial charge >= 0.3 is 0 Å². The molecule has 31 heavy (non-hydrogen) atoms. The highest BCUT2D eigenvalue weighted by molar-refractivity contribution is 5.91. The molecule has 0 bridgehead atoms. The standard InChI is InChI=1S/C30H48O/c1-7-28(31)22-15-17-29(5)23(19-22)11-12-24-26-14-13-25(21(4)10-8-9-20(2)3)30(26,6)18-16-27(24)29/h7,11,20-22,24-27H,1,8-10,12-19H2,2-6H3/t21-,22?,24+,25-,26+,27+,29+,30-/m1/s1. The zero-order chi connectivity index (χ0) is 22.4. The molecule has 0 amide bonds. The number of hydrogen-bond donors (Lipinski definition) is 0. The SMILES string of the molecule is C=CC(=O)C1CC[C@@]2(C)C(=CC[C@H]3[C@@H]4CC[C@H]([C@H](C)CCCC(C)C)[C@@]4(C)CC[C@@H]32)C1. The fourth-order valence-corrected chi connectivity index (χ4v) is 9.09. The third-order valence-corrected chi connectivity index (χ3v) is 10.9. The molecule has 4 rings (SSSR count). The monoisotopic (exact) mass is 424 g/mol. The van der Waals surface area contributed by atoms with Crippen molar-refractivity contribution in [2.24, 2.45) is 52.3 Å². The van der Waals surface area contributed by atoms with Gasteiger partial charge in [-0.05, 0) is 104 Å². The molecule has 8 atom stereocenters. The first-order valence-corrected chi connectivity index (χ1v) is 13.6. The Bertz CT molecular complexity index is 716. The average Bonchev–Trinajstić information content (AvgIpc) is 3.09. The second-order valence-corrected chi connectivity index (χ2v) is 12.8. The van der Waals surface area contributed by atoms with Crippen molar-refractivity contribution in [3.05, 3.63) is 24.3 Å². The first-order chi connectivity index (χ1) is 14.7. The van der Waals surface area contributed by atoms with Gasteiger partial charge in [-0.2, -0.15) is 0 Å². The third kappa shape index (κ3) is 4.02. The lowest BCUT2D eigenvalue weighted by Crippen LogP contribution is -2.50. The summed E-state index contributed by atoms with van der Waals surface area (Å²) in [5, 5.41) is 0. The highest BCUT2D eigenvalue weighted by Crippen LogP contribution is 2.67. The van der Waals surface area contributed by atoms with Crippen LogP contribution in [0.3, 0.4) is 0 Å². The topological polar surface area (TPSA) is 17.1 Å². The van der Waals surface area contributed by atoms with E-state index in [1.165, 1.54) is 57.8 Å². The summed E-state index contributed by atoms with van der Waals surface area (Å²) in [5.41, 5.74) is 2.54. The molecular weight excluding hydrogens is 376 g/mol. The van der Waals surface area contributed by atoms with E-state index in [1.54, 1.807) is 11.6 Å². The molecule has 0 spiro atoms. The number of hydrogen-bond acceptors (Lipinski definition) is 1. The van der Waals surface area contributed by atoms with E-state index in [1.807, 2.05) is 0 Å². The van der Waals surface area contributed by atoms with Crippen LogP contribution in [0.15, 0.2) is 24.3 Å². The zero-order valence-electron chi connectivity index (χ0n) is 21.1. The maximum atomic E-state index is 12.3. The molecule has 0 aromatic heterocycles. The van der Waals surface area contributed by atoms with Crippen LogP contribution in [0.5, 0.6) is 0 Å². The fraction of sp³-hybridized carbons (Fsp3) is 0.833. The van der Waals surface area contributed by atoms with E-state index in [0.717, 1.165) is 48.3 Å². The van der Waals surface area contributed by atoms with Crippen molar-refractivity contribution in [3.8, 4) is 0 Å². The van der Waals surface area contributed by atoms with Crippen molar-refractivity contribution < 1.29 is 4.79 Å². The van der Waals surface area contributed by atoms with Crippen molar-refractivity contribution in [2.45, 2.75) is 105 Å². The summed E-state index contributed by atoms with van der Waals surface area (Å²) in [5.74, 6) is 5.78. The summed E-state index contributed by atoms with van der Waals surface area (Å²) in [6, 6.07) is 0. The molecule has 1 heteroatoms. The smallest absolute Gasteiger partial charge is 0.158 e. The van der Waals surface area contributed by atoms with Crippen LogP contribution < -0.4 is 0 Å². The number of carbonyl (C=O) groups excluding carboxylic acids is 1. The number of ketones is 1. The molecule has 4 aliphatic carbocycles. The van der Waals surface area contributed by atoms with Gasteiger partial charge < -0.3 is 0 Å². The predicted molar refractivity (Wildman–Crippen MR) is 132 cm³/mol. The molecule has 0 radical (unpaired) electrons. The van der Waals surface area contributed by atoms with Gasteiger partial charge in [-0.15, -0.1) is 0 Å². The highest BCUT2D eigenvalue weighted by Gasteiger charge is 2.59.